The molecule has 3 aromatic carbocycles. The van der Waals surface area contributed by atoms with Crippen molar-refractivity contribution >= 4 is 28.9 Å². The van der Waals surface area contributed by atoms with Gasteiger partial charge in [-0.25, -0.2) is 0 Å². The summed E-state index contributed by atoms with van der Waals surface area (Å²) in [5.74, 6) is 0.672. The third kappa shape index (κ3) is 3.55. The van der Waals surface area contributed by atoms with Crippen molar-refractivity contribution < 1.29 is 9.53 Å². The predicted molar refractivity (Wildman–Crippen MR) is 128 cm³/mol. The van der Waals surface area contributed by atoms with Crippen LogP contribution in [0, 0.1) is 0 Å². The van der Waals surface area contributed by atoms with Crippen LogP contribution < -0.4 is 15.0 Å². The maximum atomic E-state index is 13.8. The van der Waals surface area contributed by atoms with Crippen molar-refractivity contribution in [2.24, 2.45) is 4.99 Å². The number of amides is 1. The summed E-state index contributed by atoms with van der Waals surface area (Å²) in [6, 6.07) is 24.9. The van der Waals surface area contributed by atoms with Crippen LogP contribution in [0.5, 0.6) is 5.75 Å². The number of rotatable bonds is 4. The van der Waals surface area contributed by atoms with E-state index in [0.717, 1.165) is 33.8 Å². The van der Waals surface area contributed by atoms with E-state index >= 15 is 0 Å². The Bertz CT molecular complexity index is 1220. The number of ether oxygens (including phenoxy) is 1. The topological polar surface area (TPSA) is 53.9 Å². The van der Waals surface area contributed by atoms with Crippen LogP contribution in [-0.2, 0) is 4.79 Å². The van der Waals surface area contributed by atoms with Gasteiger partial charge in [0.15, 0.2) is 0 Å². The van der Waals surface area contributed by atoms with Crippen LogP contribution in [0.25, 0.3) is 0 Å². The fourth-order valence-electron chi connectivity index (χ4n) is 4.31. The largest absolute Gasteiger partial charge is 0.497 e. The lowest BCUT2D eigenvalue weighted by Gasteiger charge is -2.28. The summed E-state index contributed by atoms with van der Waals surface area (Å²) in [5.41, 5.74) is 4.98. The Hall–Kier alpha value is -3.57. The van der Waals surface area contributed by atoms with E-state index in [-0.39, 0.29) is 11.9 Å². The molecule has 1 amide bonds. The van der Waals surface area contributed by atoms with E-state index in [4.69, 9.17) is 21.3 Å². The molecule has 1 N–H and O–H groups in total. The summed E-state index contributed by atoms with van der Waals surface area (Å²) in [6.45, 7) is 1.17. The van der Waals surface area contributed by atoms with Gasteiger partial charge in [0.25, 0.3) is 5.91 Å². The molecule has 6 heteroatoms. The van der Waals surface area contributed by atoms with Crippen molar-refractivity contribution in [2.45, 2.75) is 6.04 Å². The molecule has 0 unspecified atom stereocenters. The average Bonchev–Trinajstić information content (AvgIpc) is 2.97. The zero-order valence-electron chi connectivity index (χ0n) is 17.6. The molecule has 2 heterocycles. The molecular formula is C26H22ClN3O2. The average molecular weight is 444 g/mol. The van der Waals surface area contributed by atoms with Crippen LogP contribution in [0.15, 0.2) is 95.1 Å². The summed E-state index contributed by atoms with van der Waals surface area (Å²) in [6.07, 6.45) is 0. The number of carbonyl (C=O) groups is 1. The van der Waals surface area contributed by atoms with Gasteiger partial charge in [0, 0.05) is 28.4 Å². The van der Waals surface area contributed by atoms with Crippen LogP contribution in [-0.4, -0.2) is 31.8 Å². The van der Waals surface area contributed by atoms with E-state index in [1.54, 1.807) is 7.11 Å². The van der Waals surface area contributed by atoms with Crippen molar-refractivity contribution in [1.82, 2.24) is 5.32 Å². The second-order valence-corrected chi connectivity index (χ2v) is 8.08. The van der Waals surface area contributed by atoms with Gasteiger partial charge in [-0.05, 0) is 42.0 Å². The highest BCUT2D eigenvalue weighted by Gasteiger charge is 2.44. The van der Waals surface area contributed by atoms with Crippen LogP contribution >= 0.6 is 11.6 Å². The number of carbonyl (C=O) groups excluding carboxylic acids is 1. The summed E-state index contributed by atoms with van der Waals surface area (Å²) in [5, 5.41) is 4.01. The number of nitrogens with zero attached hydrogens (tertiary/aromatic N) is 2. The molecule has 2 aliphatic rings. The van der Waals surface area contributed by atoms with Crippen molar-refractivity contribution in [3.63, 3.8) is 0 Å². The van der Waals surface area contributed by atoms with Gasteiger partial charge in [0.1, 0.15) is 11.4 Å². The molecule has 0 aromatic heterocycles. The zero-order chi connectivity index (χ0) is 22.1. The molecule has 5 nitrogen and oxygen atoms in total. The van der Waals surface area contributed by atoms with Gasteiger partial charge >= 0.3 is 0 Å². The summed E-state index contributed by atoms with van der Waals surface area (Å²) in [4.78, 5) is 20.5. The van der Waals surface area contributed by atoms with Gasteiger partial charge < -0.3 is 10.1 Å². The van der Waals surface area contributed by atoms with Crippen molar-refractivity contribution in [3.05, 3.63) is 106 Å². The maximum Gasteiger partial charge on any atom is 0.275 e. The van der Waals surface area contributed by atoms with Gasteiger partial charge in [-0.3, -0.25) is 14.7 Å². The number of aliphatic imine (C=N–C) groups is 1. The summed E-state index contributed by atoms with van der Waals surface area (Å²) >= 11 is 6.14. The van der Waals surface area contributed by atoms with E-state index in [1.165, 1.54) is 0 Å². The van der Waals surface area contributed by atoms with Crippen molar-refractivity contribution in [1.29, 1.82) is 0 Å². The highest BCUT2D eigenvalue weighted by Crippen LogP contribution is 2.43. The normalized spacial score (nSPS) is 18.1. The number of halogens is 1. The number of benzene rings is 3. The lowest BCUT2D eigenvalue weighted by Crippen LogP contribution is -2.33. The fourth-order valence-corrected chi connectivity index (χ4v) is 4.43. The van der Waals surface area contributed by atoms with E-state index < -0.39 is 0 Å². The smallest absolute Gasteiger partial charge is 0.275 e. The Kier molecular flexibility index (Phi) is 5.41. The molecule has 32 heavy (non-hydrogen) atoms. The molecule has 0 bridgehead atoms. The molecule has 5 rings (SSSR count). The molecule has 160 valence electrons. The second-order valence-electron chi connectivity index (χ2n) is 7.64. The minimum atomic E-state index is -0.352. The third-order valence-corrected chi connectivity index (χ3v) is 5.99. The Morgan fingerprint density at radius 2 is 1.81 bits per heavy atom. The quantitative estimate of drug-likeness (QED) is 0.631. The lowest BCUT2D eigenvalue weighted by atomic mass is 9.91. The molecule has 0 saturated carbocycles. The number of anilines is 1. The van der Waals surface area contributed by atoms with Crippen molar-refractivity contribution in [2.75, 3.05) is 25.1 Å². The number of hydrogen-bond acceptors (Lipinski definition) is 4. The first-order valence-corrected chi connectivity index (χ1v) is 10.9. The fraction of sp³-hybridized carbons (Fsp3) is 0.154. The second kappa shape index (κ2) is 8.52. The van der Waals surface area contributed by atoms with Crippen LogP contribution in [0.4, 0.5) is 5.69 Å². The van der Waals surface area contributed by atoms with Crippen molar-refractivity contribution in [3.8, 4) is 5.75 Å². The monoisotopic (exact) mass is 443 g/mol. The van der Waals surface area contributed by atoms with E-state index in [9.17, 15) is 4.79 Å². The zero-order valence-corrected chi connectivity index (χ0v) is 18.3. The molecule has 2 aliphatic heterocycles. The van der Waals surface area contributed by atoms with Gasteiger partial charge in [0.05, 0.1) is 25.4 Å². The molecular weight excluding hydrogens is 422 g/mol. The summed E-state index contributed by atoms with van der Waals surface area (Å²) < 4.78 is 5.49. The minimum absolute atomic E-state index is 0.0671. The lowest BCUT2D eigenvalue weighted by molar-refractivity contribution is -0.115. The minimum Gasteiger partial charge on any atom is -0.497 e. The van der Waals surface area contributed by atoms with Crippen LogP contribution in [0.1, 0.15) is 17.2 Å². The van der Waals surface area contributed by atoms with Crippen LogP contribution in [0.2, 0.25) is 5.02 Å². The van der Waals surface area contributed by atoms with E-state index in [1.807, 2.05) is 83.8 Å². The van der Waals surface area contributed by atoms with Gasteiger partial charge in [-0.2, -0.15) is 0 Å². The predicted octanol–water partition coefficient (Wildman–Crippen LogP) is 4.78. The number of hydrogen-bond donors (Lipinski definition) is 1. The first kappa shape index (κ1) is 20.3. The number of para-hydroxylation sites is 1. The van der Waals surface area contributed by atoms with Crippen LogP contribution in [0.3, 0.4) is 0 Å². The Balaban J connectivity index is 1.73. The molecule has 0 radical (unpaired) electrons. The Labute approximate surface area is 192 Å². The standard InChI is InChI=1S/C26H22ClN3O2/c1-32-21-9-5-6-18(16-21)25-22-23(17-10-12-19(27)13-11-17)28-14-15-29-24(22)26(31)30(25)20-7-3-2-4-8-20/h2-13,16,25,29H,14-15H2,1H3/t25-/m0/s1. The Morgan fingerprint density at radius 3 is 2.56 bits per heavy atom. The molecule has 1 atom stereocenters. The first-order valence-electron chi connectivity index (χ1n) is 10.5. The summed E-state index contributed by atoms with van der Waals surface area (Å²) in [7, 11) is 1.65. The molecule has 0 aliphatic carbocycles. The Morgan fingerprint density at radius 1 is 1.03 bits per heavy atom. The number of nitrogens with one attached hydrogen (secondary N) is 1. The maximum absolute atomic E-state index is 13.8. The highest BCUT2D eigenvalue weighted by molar-refractivity contribution is 6.31. The van der Waals surface area contributed by atoms with E-state index in [0.29, 0.717) is 23.8 Å². The first-order chi connectivity index (χ1) is 15.7. The molecule has 3 aromatic rings. The van der Waals surface area contributed by atoms with Gasteiger partial charge in [0.2, 0.25) is 0 Å². The molecule has 0 saturated heterocycles. The van der Waals surface area contributed by atoms with Gasteiger partial charge in [-0.15, -0.1) is 0 Å². The molecule has 0 spiro atoms. The third-order valence-electron chi connectivity index (χ3n) is 5.73. The highest BCUT2D eigenvalue weighted by atomic mass is 35.5. The SMILES string of the molecule is COc1cccc([C@H]2C3=C(NCCN=C3c3ccc(Cl)cc3)C(=O)N2c2ccccc2)c1. The molecule has 0 fully saturated rings. The number of methoxy groups -OCH3 is 1. The van der Waals surface area contributed by atoms with E-state index in [2.05, 4.69) is 5.32 Å². The van der Waals surface area contributed by atoms with Gasteiger partial charge in [-0.1, -0.05) is 54.1 Å².